The molecule has 8 heteroatoms. The Morgan fingerprint density at radius 1 is 0.919 bits per heavy atom. The number of ether oxygens (including phenoxy) is 1. The average Bonchev–Trinajstić information content (AvgIpc) is 3.32. The molecule has 0 amide bonds. The molecule has 7 nitrogen and oxygen atoms in total. The maximum atomic E-state index is 10.3. The average molecular weight is 517 g/mol. The van der Waals surface area contributed by atoms with Crippen LogP contribution in [-0.2, 0) is 6.42 Å². The standard InChI is InChI=1S/C29H32N4O3S/c34-21-10-13-33(14-11-21)28-8-5-20(18-31-28)25-16-23(9-12-30-25)36-22-6-7-24-27(17-22)37-29(32-24)15-19-3-1-2-4-26(19)35/h5-9,12,16-19,21,26,34-35H,1-4,10-11,13-15H2/t19-,26+/m0/s1. The summed E-state index contributed by atoms with van der Waals surface area (Å²) >= 11 is 1.69. The lowest BCUT2D eigenvalue weighted by molar-refractivity contribution is 0.0700. The molecule has 0 unspecified atom stereocenters. The fourth-order valence-corrected chi connectivity index (χ4v) is 6.43. The predicted molar refractivity (Wildman–Crippen MR) is 146 cm³/mol. The number of fused-ring (bicyclic) bond motifs is 1. The highest BCUT2D eigenvalue weighted by molar-refractivity contribution is 7.18. The van der Waals surface area contributed by atoms with Crippen molar-refractivity contribution >= 4 is 27.4 Å². The van der Waals surface area contributed by atoms with Gasteiger partial charge in [0.2, 0.25) is 0 Å². The number of nitrogens with zero attached hydrogens (tertiary/aromatic N) is 4. The summed E-state index contributed by atoms with van der Waals surface area (Å²) in [5.41, 5.74) is 2.71. The Balaban J connectivity index is 1.14. The van der Waals surface area contributed by atoms with Gasteiger partial charge in [-0.25, -0.2) is 9.97 Å². The van der Waals surface area contributed by atoms with Gasteiger partial charge in [-0.1, -0.05) is 12.8 Å². The number of hydrogen-bond acceptors (Lipinski definition) is 8. The number of aliphatic hydroxyl groups is 2. The van der Waals surface area contributed by atoms with Crippen molar-refractivity contribution < 1.29 is 14.9 Å². The number of anilines is 1. The minimum atomic E-state index is -0.203. The lowest BCUT2D eigenvalue weighted by Gasteiger charge is -2.30. The van der Waals surface area contributed by atoms with Gasteiger partial charge in [-0.05, 0) is 61.9 Å². The molecule has 6 rings (SSSR count). The van der Waals surface area contributed by atoms with Crippen molar-refractivity contribution in [2.45, 2.75) is 57.2 Å². The number of piperidine rings is 1. The van der Waals surface area contributed by atoms with Gasteiger partial charge in [-0.3, -0.25) is 4.98 Å². The first-order valence-electron chi connectivity index (χ1n) is 13.2. The molecular weight excluding hydrogens is 484 g/mol. The fourth-order valence-electron chi connectivity index (χ4n) is 5.34. The van der Waals surface area contributed by atoms with E-state index >= 15 is 0 Å². The van der Waals surface area contributed by atoms with Crippen molar-refractivity contribution in [1.29, 1.82) is 0 Å². The lowest BCUT2D eigenvalue weighted by atomic mass is 9.84. The Labute approximate surface area is 220 Å². The van der Waals surface area contributed by atoms with E-state index in [0.717, 1.165) is 89.7 Å². The Morgan fingerprint density at radius 2 is 1.76 bits per heavy atom. The zero-order valence-electron chi connectivity index (χ0n) is 20.8. The van der Waals surface area contributed by atoms with Crippen molar-refractivity contribution in [3.63, 3.8) is 0 Å². The topological polar surface area (TPSA) is 91.6 Å². The van der Waals surface area contributed by atoms with E-state index in [1.807, 2.05) is 48.7 Å². The zero-order valence-corrected chi connectivity index (χ0v) is 21.6. The van der Waals surface area contributed by atoms with Gasteiger partial charge in [0.25, 0.3) is 0 Å². The smallest absolute Gasteiger partial charge is 0.131 e. The van der Waals surface area contributed by atoms with Crippen LogP contribution in [0.5, 0.6) is 11.5 Å². The van der Waals surface area contributed by atoms with E-state index in [0.29, 0.717) is 11.7 Å². The summed E-state index contributed by atoms with van der Waals surface area (Å²) < 4.78 is 7.29. The van der Waals surface area contributed by atoms with E-state index in [9.17, 15) is 10.2 Å². The summed E-state index contributed by atoms with van der Waals surface area (Å²) in [6.07, 6.45) is 9.92. The molecule has 1 saturated heterocycles. The molecule has 2 atom stereocenters. The molecule has 1 aliphatic carbocycles. The van der Waals surface area contributed by atoms with Crippen LogP contribution in [0.2, 0.25) is 0 Å². The Bertz CT molecular complexity index is 1350. The van der Waals surface area contributed by atoms with Crippen LogP contribution in [0, 0.1) is 5.92 Å². The van der Waals surface area contributed by atoms with Crippen LogP contribution in [0.15, 0.2) is 54.9 Å². The predicted octanol–water partition coefficient (Wildman–Crippen LogP) is 5.60. The van der Waals surface area contributed by atoms with Crippen LogP contribution >= 0.6 is 11.3 Å². The number of rotatable bonds is 6. The summed E-state index contributed by atoms with van der Waals surface area (Å²) in [5, 5.41) is 21.2. The van der Waals surface area contributed by atoms with Crippen molar-refractivity contribution in [3.05, 3.63) is 59.9 Å². The molecule has 0 radical (unpaired) electrons. The van der Waals surface area contributed by atoms with E-state index in [1.54, 1.807) is 17.5 Å². The van der Waals surface area contributed by atoms with Gasteiger partial charge >= 0.3 is 0 Å². The van der Waals surface area contributed by atoms with Gasteiger partial charge in [0.05, 0.1) is 33.1 Å². The fraction of sp³-hybridized carbons (Fsp3) is 0.414. The summed E-state index contributed by atoms with van der Waals surface area (Å²) in [7, 11) is 0. The second-order valence-corrected chi connectivity index (χ2v) is 11.3. The van der Waals surface area contributed by atoms with Crippen LogP contribution in [0.3, 0.4) is 0 Å². The number of hydrogen-bond donors (Lipinski definition) is 2. The number of aliphatic hydroxyl groups excluding tert-OH is 2. The van der Waals surface area contributed by atoms with Crippen molar-refractivity contribution in [2.75, 3.05) is 18.0 Å². The second kappa shape index (κ2) is 10.7. The lowest BCUT2D eigenvalue weighted by Crippen LogP contribution is -2.36. The molecule has 192 valence electrons. The van der Waals surface area contributed by atoms with Gasteiger partial charge in [-0.15, -0.1) is 11.3 Å². The summed E-state index contributed by atoms with van der Waals surface area (Å²) in [6.45, 7) is 1.65. The van der Waals surface area contributed by atoms with Crippen LogP contribution in [0.25, 0.3) is 21.5 Å². The van der Waals surface area contributed by atoms with Crippen molar-refractivity contribution in [2.24, 2.45) is 5.92 Å². The molecule has 0 bridgehead atoms. The Morgan fingerprint density at radius 3 is 2.57 bits per heavy atom. The normalized spacial score (nSPS) is 20.9. The molecule has 1 aliphatic heterocycles. The molecule has 4 aromatic rings. The van der Waals surface area contributed by atoms with E-state index in [4.69, 9.17) is 9.72 Å². The van der Waals surface area contributed by atoms with Crippen molar-refractivity contribution in [3.8, 4) is 22.8 Å². The first kappa shape index (κ1) is 24.3. The SMILES string of the molecule is OC1CCN(c2ccc(-c3cc(Oc4ccc5nc(C[C@@H]6CCCC[C@H]6O)sc5c4)ccn3)cn2)CC1. The molecule has 1 saturated carbocycles. The second-order valence-electron chi connectivity index (χ2n) is 10.2. The number of aromatic nitrogens is 3. The molecule has 4 heterocycles. The number of thiazole rings is 1. The van der Waals surface area contributed by atoms with Gasteiger partial charge in [0.15, 0.2) is 0 Å². The Hall–Kier alpha value is -3.07. The first-order valence-corrected chi connectivity index (χ1v) is 14.0. The van der Waals surface area contributed by atoms with E-state index in [1.165, 1.54) is 6.42 Å². The van der Waals surface area contributed by atoms with Gasteiger partial charge in [0.1, 0.15) is 17.3 Å². The minimum absolute atomic E-state index is 0.197. The van der Waals surface area contributed by atoms with Gasteiger partial charge in [0, 0.05) is 49.6 Å². The molecule has 2 N–H and O–H groups in total. The molecule has 2 fully saturated rings. The third-order valence-electron chi connectivity index (χ3n) is 7.51. The molecular formula is C29H32N4O3S. The van der Waals surface area contributed by atoms with Crippen LogP contribution < -0.4 is 9.64 Å². The van der Waals surface area contributed by atoms with Crippen LogP contribution in [0.1, 0.15) is 43.5 Å². The molecule has 37 heavy (non-hydrogen) atoms. The molecule has 3 aromatic heterocycles. The summed E-state index contributed by atoms with van der Waals surface area (Å²) in [4.78, 5) is 16.2. The highest BCUT2D eigenvalue weighted by Gasteiger charge is 2.24. The van der Waals surface area contributed by atoms with Gasteiger partial charge in [-0.2, -0.15) is 0 Å². The highest BCUT2D eigenvalue weighted by Crippen LogP contribution is 2.34. The maximum absolute atomic E-state index is 10.3. The molecule has 0 spiro atoms. The Kier molecular flexibility index (Phi) is 7.04. The summed E-state index contributed by atoms with van der Waals surface area (Å²) in [6, 6.07) is 13.8. The molecule has 2 aliphatic rings. The number of benzene rings is 1. The minimum Gasteiger partial charge on any atom is -0.457 e. The summed E-state index contributed by atoms with van der Waals surface area (Å²) in [5.74, 6) is 2.72. The van der Waals surface area contributed by atoms with E-state index in [2.05, 4.69) is 14.9 Å². The number of pyridine rings is 2. The third-order valence-corrected chi connectivity index (χ3v) is 8.55. The van der Waals surface area contributed by atoms with E-state index < -0.39 is 0 Å². The van der Waals surface area contributed by atoms with E-state index in [-0.39, 0.29) is 12.2 Å². The van der Waals surface area contributed by atoms with Gasteiger partial charge < -0.3 is 19.8 Å². The third kappa shape index (κ3) is 5.61. The van der Waals surface area contributed by atoms with Crippen LogP contribution in [0.4, 0.5) is 5.82 Å². The van der Waals surface area contributed by atoms with Crippen molar-refractivity contribution in [1.82, 2.24) is 15.0 Å². The maximum Gasteiger partial charge on any atom is 0.131 e. The highest BCUT2D eigenvalue weighted by atomic mass is 32.1. The zero-order chi connectivity index (χ0) is 25.2. The quantitative estimate of drug-likeness (QED) is 0.345. The monoisotopic (exact) mass is 516 g/mol. The first-order chi connectivity index (χ1) is 18.1. The molecule has 1 aromatic carbocycles. The van der Waals surface area contributed by atoms with Crippen LogP contribution in [-0.4, -0.2) is 50.5 Å². The largest absolute Gasteiger partial charge is 0.457 e.